The molecule has 0 saturated carbocycles. The highest BCUT2D eigenvalue weighted by Gasteiger charge is 2.10. The second-order valence-electron chi connectivity index (χ2n) is 4.01. The Labute approximate surface area is 114 Å². The van der Waals surface area contributed by atoms with Crippen molar-refractivity contribution >= 4 is 12.2 Å². The van der Waals surface area contributed by atoms with Crippen LogP contribution in [-0.2, 0) is 0 Å². The summed E-state index contributed by atoms with van der Waals surface area (Å²) in [6.45, 7) is 10.2. The van der Waals surface area contributed by atoms with Crippen LogP contribution in [0, 0.1) is 0 Å². The summed E-state index contributed by atoms with van der Waals surface area (Å²) < 4.78 is 5.67. The van der Waals surface area contributed by atoms with Gasteiger partial charge in [0.15, 0.2) is 0 Å². The summed E-state index contributed by atoms with van der Waals surface area (Å²) in [5, 5.41) is 0. The van der Waals surface area contributed by atoms with Crippen LogP contribution < -0.4 is 4.74 Å². The molecule has 2 nitrogen and oxygen atoms in total. The number of benzene rings is 1. The fourth-order valence-corrected chi connectivity index (χ4v) is 1.94. The molecule has 0 atom stereocenters. The van der Waals surface area contributed by atoms with E-state index in [9.17, 15) is 0 Å². The molecule has 2 aromatic rings. The second kappa shape index (κ2) is 6.01. The van der Waals surface area contributed by atoms with Gasteiger partial charge in [-0.25, -0.2) is 4.98 Å². The lowest BCUT2D eigenvalue weighted by atomic mass is 10.1. The quantitative estimate of drug-likeness (QED) is 0.784. The molecule has 1 heterocycles. The van der Waals surface area contributed by atoms with Crippen LogP contribution in [0.5, 0.6) is 5.75 Å². The highest BCUT2D eigenvalue weighted by Crippen LogP contribution is 2.29. The van der Waals surface area contributed by atoms with Crippen LogP contribution in [-0.4, -0.2) is 11.6 Å². The van der Waals surface area contributed by atoms with Gasteiger partial charge in [-0.2, -0.15) is 0 Å². The molecule has 0 aliphatic heterocycles. The molecule has 0 amide bonds. The van der Waals surface area contributed by atoms with E-state index >= 15 is 0 Å². The highest BCUT2D eigenvalue weighted by atomic mass is 16.5. The molecule has 0 N–H and O–H groups in total. The number of aromatic nitrogens is 1. The molecule has 0 radical (unpaired) electrons. The maximum Gasteiger partial charge on any atom is 0.130 e. The normalized spacial score (nSPS) is 9.95. The smallest absolute Gasteiger partial charge is 0.130 e. The van der Waals surface area contributed by atoms with Crippen molar-refractivity contribution in [2.24, 2.45) is 0 Å². The minimum absolute atomic E-state index is 0.607. The van der Waals surface area contributed by atoms with Gasteiger partial charge >= 0.3 is 0 Å². The molecule has 1 aromatic carbocycles. The molecule has 96 valence electrons. The molecule has 2 heteroatoms. The Kier molecular flexibility index (Phi) is 4.14. The number of hydrogen-bond donors (Lipinski definition) is 0. The summed E-state index contributed by atoms with van der Waals surface area (Å²) >= 11 is 0. The van der Waals surface area contributed by atoms with Gasteiger partial charge in [-0.1, -0.05) is 49.6 Å². The molecule has 0 aliphatic carbocycles. The van der Waals surface area contributed by atoms with E-state index in [4.69, 9.17) is 4.74 Å². The summed E-state index contributed by atoms with van der Waals surface area (Å²) in [7, 11) is 0. The third kappa shape index (κ3) is 2.74. The lowest BCUT2D eigenvalue weighted by Gasteiger charge is -2.12. The summed E-state index contributed by atoms with van der Waals surface area (Å²) in [6, 6.07) is 12.0. The first-order valence-corrected chi connectivity index (χ1v) is 6.28. The molecule has 0 aliphatic rings. The third-order valence-corrected chi connectivity index (χ3v) is 2.82. The first-order chi connectivity index (χ1) is 9.30. The van der Waals surface area contributed by atoms with Crippen molar-refractivity contribution in [1.82, 2.24) is 4.98 Å². The largest absolute Gasteiger partial charge is 0.493 e. The fraction of sp³-hybridized carbons (Fsp3) is 0.118. The van der Waals surface area contributed by atoms with E-state index in [0.717, 1.165) is 28.3 Å². The molecule has 0 bridgehead atoms. The van der Waals surface area contributed by atoms with E-state index < -0.39 is 0 Å². The Morgan fingerprint density at radius 3 is 2.47 bits per heavy atom. The number of rotatable bonds is 5. The van der Waals surface area contributed by atoms with Gasteiger partial charge in [0, 0.05) is 17.2 Å². The Balaban J connectivity index is 2.61. The predicted molar refractivity (Wildman–Crippen MR) is 81.0 cm³/mol. The van der Waals surface area contributed by atoms with E-state index in [1.54, 1.807) is 12.2 Å². The van der Waals surface area contributed by atoms with Crippen molar-refractivity contribution in [3.8, 4) is 17.0 Å². The molecule has 0 saturated heterocycles. The first kappa shape index (κ1) is 13.1. The van der Waals surface area contributed by atoms with E-state index in [0.29, 0.717) is 6.61 Å². The van der Waals surface area contributed by atoms with Crippen molar-refractivity contribution in [2.75, 3.05) is 6.61 Å². The monoisotopic (exact) mass is 251 g/mol. The van der Waals surface area contributed by atoms with Crippen LogP contribution in [0.4, 0.5) is 0 Å². The molecule has 1 aromatic heterocycles. The molecule has 0 spiro atoms. The van der Waals surface area contributed by atoms with Crippen LogP contribution in [0.2, 0.25) is 0 Å². The Hall–Kier alpha value is -2.35. The summed E-state index contributed by atoms with van der Waals surface area (Å²) in [5.74, 6) is 0.793. The van der Waals surface area contributed by atoms with E-state index in [1.165, 1.54) is 0 Å². The van der Waals surface area contributed by atoms with Crippen molar-refractivity contribution < 1.29 is 4.74 Å². The minimum atomic E-state index is 0.607. The first-order valence-electron chi connectivity index (χ1n) is 6.28. The minimum Gasteiger partial charge on any atom is -0.493 e. The molecular formula is C17H17NO. The summed E-state index contributed by atoms with van der Waals surface area (Å²) in [5.41, 5.74) is 3.61. The van der Waals surface area contributed by atoms with Crippen molar-refractivity contribution in [3.63, 3.8) is 0 Å². The lowest BCUT2D eigenvalue weighted by molar-refractivity contribution is 0.339. The third-order valence-electron chi connectivity index (χ3n) is 2.82. The zero-order valence-electron chi connectivity index (χ0n) is 11.1. The molecule has 0 unspecified atom stereocenters. The topological polar surface area (TPSA) is 22.1 Å². The van der Waals surface area contributed by atoms with Gasteiger partial charge in [-0.3, -0.25) is 0 Å². The average molecular weight is 251 g/mol. The maximum atomic E-state index is 5.67. The predicted octanol–water partition coefficient (Wildman–Crippen LogP) is 4.43. The van der Waals surface area contributed by atoms with Gasteiger partial charge in [-0.05, 0) is 13.0 Å². The number of nitrogens with zero attached hydrogens (tertiary/aromatic N) is 1. The van der Waals surface area contributed by atoms with Crippen molar-refractivity contribution in [1.29, 1.82) is 0 Å². The zero-order valence-corrected chi connectivity index (χ0v) is 11.1. The van der Waals surface area contributed by atoms with Crippen LogP contribution >= 0.6 is 0 Å². The van der Waals surface area contributed by atoms with E-state index in [1.807, 2.05) is 43.3 Å². The van der Waals surface area contributed by atoms with Crippen LogP contribution in [0.3, 0.4) is 0 Å². The molecular weight excluding hydrogens is 234 g/mol. The maximum absolute atomic E-state index is 5.67. The van der Waals surface area contributed by atoms with Gasteiger partial charge in [0.25, 0.3) is 0 Å². The second-order valence-corrected chi connectivity index (χ2v) is 4.01. The van der Waals surface area contributed by atoms with Gasteiger partial charge in [-0.15, -0.1) is 0 Å². The van der Waals surface area contributed by atoms with Crippen molar-refractivity contribution in [2.45, 2.75) is 6.92 Å². The van der Waals surface area contributed by atoms with Gasteiger partial charge in [0.05, 0.1) is 18.0 Å². The number of ether oxygens (including phenoxy) is 1. The molecule has 19 heavy (non-hydrogen) atoms. The lowest BCUT2D eigenvalue weighted by Crippen LogP contribution is -1.99. The van der Waals surface area contributed by atoms with E-state index in [2.05, 4.69) is 18.1 Å². The Morgan fingerprint density at radius 2 is 1.89 bits per heavy atom. The molecule has 2 rings (SSSR count). The fourth-order valence-electron chi connectivity index (χ4n) is 1.94. The van der Waals surface area contributed by atoms with E-state index in [-0.39, 0.29) is 0 Å². The van der Waals surface area contributed by atoms with Gasteiger partial charge in [0.2, 0.25) is 0 Å². The number of pyridine rings is 1. The van der Waals surface area contributed by atoms with Crippen LogP contribution in [0.1, 0.15) is 18.2 Å². The SMILES string of the molecule is C=Cc1nc(-c2ccccc2)cc(OCC)c1C=C. The molecule has 0 fully saturated rings. The summed E-state index contributed by atoms with van der Waals surface area (Å²) in [4.78, 5) is 4.61. The van der Waals surface area contributed by atoms with Gasteiger partial charge < -0.3 is 4.74 Å². The standard InChI is InChI=1S/C17H17NO/c1-4-14-15(5-2)18-16(12-17(14)19-6-3)13-10-8-7-9-11-13/h4-5,7-12H,1-2,6H2,3H3. The van der Waals surface area contributed by atoms with Crippen LogP contribution in [0.15, 0.2) is 49.6 Å². The zero-order chi connectivity index (χ0) is 13.7. The summed E-state index contributed by atoms with van der Waals surface area (Å²) in [6.07, 6.45) is 3.48. The van der Waals surface area contributed by atoms with Crippen LogP contribution in [0.25, 0.3) is 23.4 Å². The Morgan fingerprint density at radius 1 is 1.16 bits per heavy atom. The number of hydrogen-bond acceptors (Lipinski definition) is 2. The highest BCUT2D eigenvalue weighted by molar-refractivity contribution is 5.72. The average Bonchev–Trinajstić information content (AvgIpc) is 2.47. The van der Waals surface area contributed by atoms with Crippen molar-refractivity contribution in [3.05, 3.63) is 60.8 Å². The Bertz CT molecular complexity index is 588. The van der Waals surface area contributed by atoms with Gasteiger partial charge in [0.1, 0.15) is 5.75 Å².